The Morgan fingerprint density at radius 3 is 2.88 bits per heavy atom. The van der Waals surface area contributed by atoms with Gasteiger partial charge < -0.3 is 14.6 Å². The van der Waals surface area contributed by atoms with E-state index in [-0.39, 0.29) is 5.75 Å². The van der Waals surface area contributed by atoms with Gasteiger partial charge in [0.15, 0.2) is 6.10 Å². The monoisotopic (exact) mass is 389 g/mol. The first-order chi connectivity index (χ1) is 11.9. The molecule has 0 aliphatic carbocycles. The lowest BCUT2D eigenvalue weighted by atomic mass is 10.0. The number of ether oxygens (including phenoxy) is 2. The van der Waals surface area contributed by atoms with Crippen LogP contribution in [0, 0.1) is 0 Å². The Hall–Kier alpha value is -1.35. The Labute approximate surface area is 151 Å². The molecule has 0 aromatic heterocycles. The largest absolute Gasteiger partial charge is 0.492 e. The molecule has 1 fully saturated rings. The van der Waals surface area contributed by atoms with Crippen molar-refractivity contribution < 1.29 is 27.8 Å². The van der Waals surface area contributed by atoms with Crippen LogP contribution in [0.1, 0.15) is 37.3 Å². The molecular weight excluding hydrogens is 370 g/mol. The first-order valence-corrected chi connectivity index (χ1v) is 10.2. The van der Waals surface area contributed by atoms with E-state index in [1.54, 1.807) is 18.2 Å². The lowest BCUT2D eigenvalue weighted by molar-refractivity contribution is -0.157. The van der Waals surface area contributed by atoms with Crippen LogP contribution in [0.15, 0.2) is 18.2 Å². The minimum absolute atomic E-state index is 0.260. The number of carboxylic acid groups (broad SMARTS) is 1. The Morgan fingerprint density at radius 1 is 1.32 bits per heavy atom. The molecule has 9 heteroatoms. The smallest absolute Gasteiger partial charge is 0.332 e. The lowest BCUT2D eigenvalue weighted by Gasteiger charge is -2.30. The second-order valence-electron chi connectivity index (χ2n) is 6.26. The van der Waals surface area contributed by atoms with E-state index in [0.717, 1.165) is 0 Å². The first kappa shape index (κ1) is 18.4. The van der Waals surface area contributed by atoms with Crippen LogP contribution in [0.25, 0.3) is 0 Å². The number of carbonyl (C=O) groups is 1. The number of hydrogen-bond acceptors (Lipinski definition) is 5. The number of fused-ring (bicyclic) bond motifs is 1. The summed E-state index contributed by atoms with van der Waals surface area (Å²) in [6.45, 7) is 0.366. The normalized spacial score (nSPS) is 26.5. The van der Waals surface area contributed by atoms with E-state index >= 15 is 0 Å². The van der Waals surface area contributed by atoms with Crippen molar-refractivity contribution in [2.75, 3.05) is 12.4 Å². The van der Waals surface area contributed by atoms with Crippen molar-refractivity contribution in [3.8, 4) is 5.75 Å². The van der Waals surface area contributed by atoms with Gasteiger partial charge in [-0.25, -0.2) is 17.9 Å². The number of hydrogen-bond donors (Lipinski definition) is 2. The topological polar surface area (TPSA) is 102 Å². The molecule has 0 saturated carbocycles. The molecule has 1 saturated heterocycles. The number of sulfonamides is 1. The summed E-state index contributed by atoms with van der Waals surface area (Å²) in [5.41, 5.74) is 0.704. The van der Waals surface area contributed by atoms with Gasteiger partial charge in [-0.05, 0) is 25.3 Å². The Balaban J connectivity index is 1.69. The maximum Gasteiger partial charge on any atom is 0.332 e. The van der Waals surface area contributed by atoms with E-state index in [4.69, 9.17) is 26.2 Å². The zero-order valence-corrected chi connectivity index (χ0v) is 15.1. The van der Waals surface area contributed by atoms with Crippen molar-refractivity contribution in [2.24, 2.45) is 0 Å². The standard InChI is InChI=1S/C16H20ClNO6S/c17-12-5-2-4-11-13(7-8-23-15(11)12)18-25(21,22)9-10-3-1-6-14(24-10)16(19)20/h2,4-5,10,13-14,18H,1,3,6-9H2,(H,19,20)/t10-,13?,14-/m0/s1. The third-order valence-electron chi connectivity index (χ3n) is 4.38. The molecule has 0 spiro atoms. The molecule has 25 heavy (non-hydrogen) atoms. The lowest BCUT2D eigenvalue weighted by Crippen LogP contribution is -2.41. The quantitative estimate of drug-likeness (QED) is 0.799. The summed E-state index contributed by atoms with van der Waals surface area (Å²) in [7, 11) is -3.65. The van der Waals surface area contributed by atoms with E-state index in [9.17, 15) is 13.2 Å². The van der Waals surface area contributed by atoms with Crippen LogP contribution in [0.5, 0.6) is 5.75 Å². The van der Waals surface area contributed by atoms with E-state index in [2.05, 4.69) is 4.72 Å². The van der Waals surface area contributed by atoms with Gasteiger partial charge in [-0.3, -0.25) is 0 Å². The van der Waals surface area contributed by atoms with Crippen LogP contribution < -0.4 is 9.46 Å². The van der Waals surface area contributed by atoms with Crippen molar-refractivity contribution >= 4 is 27.6 Å². The molecule has 0 bridgehead atoms. The van der Waals surface area contributed by atoms with Gasteiger partial charge in [-0.2, -0.15) is 0 Å². The van der Waals surface area contributed by atoms with Gasteiger partial charge in [-0.15, -0.1) is 0 Å². The van der Waals surface area contributed by atoms with Crippen LogP contribution in [-0.4, -0.2) is 44.1 Å². The number of nitrogens with one attached hydrogen (secondary N) is 1. The zero-order valence-electron chi connectivity index (χ0n) is 13.5. The summed E-state index contributed by atoms with van der Waals surface area (Å²) in [5, 5.41) is 9.48. The highest BCUT2D eigenvalue weighted by atomic mass is 35.5. The number of aliphatic carboxylic acids is 1. The van der Waals surface area contributed by atoms with Crippen molar-refractivity contribution in [1.82, 2.24) is 4.72 Å². The molecule has 1 unspecified atom stereocenters. The van der Waals surface area contributed by atoms with Crippen molar-refractivity contribution in [1.29, 1.82) is 0 Å². The van der Waals surface area contributed by atoms with Crippen molar-refractivity contribution in [3.63, 3.8) is 0 Å². The van der Waals surface area contributed by atoms with E-state index in [1.165, 1.54) is 0 Å². The fraction of sp³-hybridized carbons (Fsp3) is 0.562. The van der Waals surface area contributed by atoms with Gasteiger partial charge in [0.2, 0.25) is 10.0 Å². The molecule has 2 aliphatic rings. The Morgan fingerprint density at radius 2 is 2.12 bits per heavy atom. The predicted molar refractivity (Wildman–Crippen MR) is 91.4 cm³/mol. The van der Waals surface area contributed by atoms with Gasteiger partial charge >= 0.3 is 5.97 Å². The van der Waals surface area contributed by atoms with Gasteiger partial charge in [0, 0.05) is 12.0 Å². The fourth-order valence-electron chi connectivity index (χ4n) is 3.22. The summed E-state index contributed by atoms with van der Waals surface area (Å²) < 4.78 is 38.7. The number of benzene rings is 1. The second kappa shape index (κ2) is 7.49. The molecule has 2 N–H and O–H groups in total. The van der Waals surface area contributed by atoms with E-state index in [1.807, 2.05) is 0 Å². The summed E-state index contributed by atoms with van der Waals surface area (Å²) >= 11 is 6.10. The Kier molecular flexibility index (Phi) is 5.52. The molecule has 7 nitrogen and oxygen atoms in total. The average Bonchev–Trinajstić information content (AvgIpc) is 2.55. The number of rotatable bonds is 5. The minimum Gasteiger partial charge on any atom is -0.492 e. The molecule has 1 aromatic carbocycles. The van der Waals surface area contributed by atoms with Gasteiger partial charge in [0.1, 0.15) is 5.75 Å². The van der Waals surface area contributed by atoms with Crippen LogP contribution in [-0.2, 0) is 19.6 Å². The maximum absolute atomic E-state index is 12.5. The van der Waals surface area contributed by atoms with Crippen LogP contribution in [0.2, 0.25) is 5.02 Å². The summed E-state index contributed by atoms with van der Waals surface area (Å²) in [4.78, 5) is 11.0. The van der Waals surface area contributed by atoms with Crippen LogP contribution in [0.4, 0.5) is 0 Å². The first-order valence-electron chi connectivity index (χ1n) is 8.15. The number of carboxylic acids is 1. The fourth-order valence-corrected chi connectivity index (χ4v) is 4.97. The van der Waals surface area contributed by atoms with E-state index in [0.29, 0.717) is 48.6 Å². The minimum atomic E-state index is -3.65. The highest BCUT2D eigenvalue weighted by Crippen LogP contribution is 2.37. The Bertz CT molecular complexity index is 753. The molecule has 3 rings (SSSR count). The zero-order chi connectivity index (χ0) is 18.0. The molecule has 138 valence electrons. The number of halogens is 1. The van der Waals surface area contributed by atoms with Crippen LogP contribution in [0.3, 0.4) is 0 Å². The predicted octanol–water partition coefficient (Wildman–Crippen LogP) is 2.11. The average molecular weight is 390 g/mol. The SMILES string of the molecule is O=C(O)[C@@H]1CCC[C@@H](CS(=O)(=O)NC2CCOc3c(Cl)cccc32)O1. The summed E-state index contributed by atoms with van der Waals surface area (Å²) in [6.07, 6.45) is 0.511. The van der Waals surface area contributed by atoms with Crippen LogP contribution >= 0.6 is 11.6 Å². The molecule has 2 heterocycles. The molecule has 2 aliphatic heterocycles. The van der Waals surface area contributed by atoms with Gasteiger partial charge in [0.25, 0.3) is 0 Å². The van der Waals surface area contributed by atoms with Crippen molar-refractivity contribution in [2.45, 2.75) is 43.9 Å². The summed E-state index contributed by atoms with van der Waals surface area (Å²) in [6, 6.07) is 4.80. The van der Waals surface area contributed by atoms with Crippen molar-refractivity contribution in [3.05, 3.63) is 28.8 Å². The molecule has 3 atom stereocenters. The summed E-state index contributed by atoms with van der Waals surface area (Å²) in [5.74, 6) is -0.810. The molecular formula is C16H20ClNO6S. The number of para-hydroxylation sites is 1. The molecule has 0 amide bonds. The van der Waals surface area contributed by atoms with Gasteiger partial charge in [-0.1, -0.05) is 23.7 Å². The van der Waals surface area contributed by atoms with E-state index < -0.39 is 34.2 Å². The second-order valence-corrected chi connectivity index (χ2v) is 8.47. The molecule has 0 radical (unpaired) electrons. The maximum atomic E-state index is 12.5. The highest BCUT2D eigenvalue weighted by Gasteiger charge is 2.33. The third-order valence-corrected chi connectivity index (χ3v) is 6.13. The van der Waals surface area contributed by atoms with Gasteiger partial charge in [0.05, 0.1) is 29.5 Å². The molecule has 1 aromatic rings. The highest BCUT2D eigenvalue weighted by molar-refractivity contribution is 7.89. The third kappa shape index (κ3) is 4.44.